The molecule has 1 aromatic carbocycles. The van der Waals surface area contributed by atoms with Crippen LogP contribution in [0.2, 0.25) is 0 Å². The van der Waals surface area contributed by atoms with Crippen LogP contribution >= 0.6 is 0 Å². The molecule has 2 aromatic rings. The zero-order valence-electron chi connectivity index (χ0n) is 11.1. The number of aromatic nitrogens is 3. The van der Waals surface area contributed by atoms with E-state index in [0.717, 1.165) is 49.6 Å². The SMILES string of the molecule is CCCCOc1ccc2c(c1)CCc1nnc(N)n1-2. The van der Waals surface area contributed by atoms with Crippen LogP contribution < -0.4 is 10.5 Å². The van der Waals surface area contributed by atoms with Crippen molar-refractivity contribution in [1.82, 2.24) is 14.8 Å². The Hall–Kier alpha value is -2.04. The van der Waals surface area contributed by atoms with Crippen molar-refractivity contribution in [1.29, 1.82) is 0 Å². The van der Waals surface area contributed by atoms with Gasteiger partial charge in [0.05, 0.1) is 12.3 Å². The van der Waals surface area contributed by atoms with Crippen LogP contribution in [0, 0.1) is 0 Å². The van der Waals surface area contributed by atoms with Gasteiger partial charge in [-0.3, -0.25) is 4.57 Å². The smallest absolute Gasteiger partial charge is 0.226 e. The largest absolute Gasteiger partial charge is 0.494 e. The van der Waals surface area contributed by atoms with Crippen LogP contribution in [0.25, 0.3) is 5.69 Å². The number of aryl methyl sites for hydroxylation is 2. The van der Waals surface area contributed by atoms with Crippen LogP contribution in [0.1, 0.15) is 31.2 Å². The molecule has 0 unspecified atom stereocenters. The Labute approximate surface area is 112 Å². The number of unbranched alkanes of at least 4 members (excludes halogenated alkanes) is 1. The Bertz CT molecular complexity index is 591. The Morgan fingerprint density at radius 1 is 1.32 bits per heavy atom. The van der Waals surface area contributed by atoms with Gasteiger partial charge in [-0.05, 0) is 36.6 Å². The molecule has 0 aliphatic carbocycles. The van der Waals surface area contributed by atoms with Gasteiger partial charge in [-0.1, -0.05) is 13.3 Å². The van der Waals surface area contributed by atoms with Crippen molar-refractivity contribution in [3.63, 3.8) is 0 Å². The Balaban J connectivity index is 1.89. The lowest BCUT2D eigenvalue weighted by Gasteiger charge is -2.19. The van der Waals surface area contributed by atoms with Crippen LogP contribution in [-0.2, 0) is 12.8 Å². The summed E-state index contributed by atoms with van der Waals surface area (Å²) in [5.41, 5.74) is 8.19. The van der Waals surface area contributed by atoms with E-state index in [4.69, 9.17) is 10.5 Å². The summed E-state index contributed by atoms with van der Waals surface area (Å²) in [7, 11) is 0. The summed E-state index contributed by atoms with van der Waals surface area (Å²) >= 11 is 0. The number of rotatable bonds is 4. The van der Waals surface area contributed by atoms with Crippen LogP contribution in [0.4, 0.5) is 5.95 Å². The van der Waals surface area contributed by atoms with Crippen LogP contribution in [0.3, 0.4) is 0 Å². The van der Waals surface area contributed by atoms with E-state index in [2.05, 4.69) is 23.2 Å². The lowest BCUT2D eigenvalue weighted by Crippen LogP contribution is -2.14. The van der Waals surface area contributed by atoms with Crippen molar-refractivity contribution in [3.05, 3.63) is 29.6 Å². The molecule has 5 heteroatoms. The molecule has 0 amide bonds. The van der Waals surface area contributed by atoms with Gasteiger partial charge in [0, 0.05) is 6.42 Å². The van der Waals surface area contributed by atoms with E-state index in [1.165, 1.54) is 5.56 Å². The number of nitrogens with zero attached hydrogens (tertiary/aromatic N) is 3. The van der Waals surface area contributed by atoms with Crippen molar-refractivity contribution >= 4 is 5.95 Å². The molecule has 100 valence electrons. The second-order valence-corrected chi connectivity index (χ2v) is 4.80. The number of nitrogens with two attached hydrogens (primary N) is 1. The minimum absolute atomic E-state index is 0.454. The molecule has 0 saturated heterocycles. The first kappa shape index (κ1) is 12.0. The summed E-state index contributed by atoms with van der Waals surface area (Å²) in [6.45, 7) is 2.93. The number of anilines is 1. The second-order valence-electron chi connectivity index (χ2n) is 4.80. The molecular weight excluding hydrogens is 240 g/mol. The van der Waals surface area contributed by atoms with E-state index in [9.17, 15) is 0 Å². The van der Waals surface area contributed by atoms with E-state index in [1.807, 2.05) is 16.7 Å². The quantitative estimate of drug-likeness (QED) is 0.853. The van der Waals surface area contributed by atoms with Gasteiger partial charge in [-0.15, -0.1) is 10.2 Å². The highest BCUT2D eigenvalue weighted by molar-refractivity contribution is 5.51. The summed E-state index contributed by atoms with van der Waals surface area (Å²) in [5.74, 6) is 2.32. The Kier molecular flexibility index (Phi) is 3.11. The van der Waals surface area contributed by atoms with Crippen molar-refractivity contribution in [2.24, 2.45) is 0 Å². The number of ether oxygens (including phenoxy) is 1. The summed E-state index contributed by atoms with van der Waals surface area (Å²) in [4.78, 5) is 0. The van der Waals surface area contributed by atoms with E-state index in [0.29, 0.717) is 5.95 Å². The maximum Gasteiger partial charge on any atom is 0.226 e. The van der Waals surface area contributed by atoms with Crippen molar-refractivity contribution in [2.45, 2.75) is 32.6 Å². The third-order valence-electron chi connectivity index (χ3n) is 3.43. The van der Waals surface area contributed by atoms with Gasteiger partial charge in [-0.25, -0.2) is 0 Å². The highest BCUT2D eigenvalue weighted by Gasteiger charge is 2.20. The molecule has 1 aliphatic heterocycles. The minimum atomic E-state index is 0.454. The minimum Gasteiger partial charge on any atom is -0.494 e. The molecule has 0 bridgehead atoms. The lowest BCUT2D eigenvalue weighted by molar-refractivity contribution is 0.309. The number of benzene rings is 1. The molecule has 2 heterocycles. The Morgan fingerprint density at radius 3 is 3.05 bits per heavy atom. The average molecular weight is 258 g/mol. The van der Waals surface area contributed by atoms with Gasteiger partial charge in [0.25, 0.3) is 0 Å². The van der Waals surface area contributed by atoms with Crippen LogP contribution in [0.5, 0.6) is 5.75 Å². The number of nitrogen functional groups attached to an aromatic ring is 1. The molecule has 1 aliphatic rings. The molecule has 3 rings (SSSR count). The molecule has 1 aromatic heterocycles. The predicted octanol–water partition coefficient (Wildman–Crippen LogP) is 2.13. The van der Waals surface area contributed by atoms with E-state index < -0.39 is 0 Å². The summed E-state index contributed by atoms with van der Waals surface area (Å²) in [5, 5.41) is 8.03. The van der Waals surface area contributed by atoms with Gasteiger partial charge < -0.3 is 10.5 Å². The second kappa shape index (κ2) is 4.91. The van der Waals surface area contributed by atoms with Crippen molar-refractivity contribution in [3.8, 4) is 11.4 Å². The number of hydrogen-bond acceptors (Lipinski definition) is 4. The van der Waals surface area contributed by atoms with Gasteiger partial charge in [0.15, 0.2) is 0 Å². The molecule has 0 saturated carbocycles. The fourth-order valence-electron chi connectivity index (χ4n) is 2.41. The molecule has 0 fully saturated rings. The average Bonchev–Trinajstić information content (AvgIpc) is 2.81. The summed E-state index contributed by atoms with van der Waals surface area (Å²) in [6.07, 6.45) is 4.05. The number of fused-ring (bicyclic) bond motifs is 3. The molecule has 0 atom stereocenters. The number of hydrogen-bond donors (Lipinski definition) is 1. The van der Waals surface area contributed by atoms with Gasteiger partial charge in [0.1, 0.15) is 11.6 Å². The fraction of sp³-hybridized carbons (Fsp3) is 0.429. The van der Waals surface area contributed by atoms with Gasteiger partial charge in [0.2, 0.25) is 5.95 Å². The molecule has 19 heavy (non-hydrogen) atoms. The van der Waals surface area contributed by atoms with Crippen LogP contribution in [0.15, 0.2) is 18.2 Å². The first-order chi connectivity index (χ1) is 9.29. The Morgan fingerprint density at radius 2 is 2.21 bits per heavy atom. The zero-order chi connectivity index (χ0) is 13.2. The normalized spacial score (nSPS) is 12.9. The molecule has 0 spiro atoms. The maximum atomic E-state index is 5.87. The zero-order valence-corrected chi connectivity index (χ0v) is 11.1. The standard InChI is InChI=1S/C14H18N4O/c1-2-3-8-19-11-5-6-12-10(9-11)4-7-13-16-17-14(15)18(12)13/h5-6,9H,2-4,7-8H2,1H3,(H2,15,17). The molecule has 5 nitrogen and oxygen atoms in total. The van der Waals surface area contributed by atoms with Gasteiger partial charge >= 0.3 is 0 Å². The lowest BCUT2D eigenvalue weighted by atomic mass is 10.0. The molecule has 2 N–H and O–H groups in total. The first-order valence-electron chi connectivity index (χ1n) is 6.75. The molecular formula is C14H18N4O. The van der Waals surface area contributed by atoms with Crippen molar-refractivity contribution in [2.75, 3.05) is 12.3 Å². The first-order valence-corrected chi connectivity index (χ1v) is 6.75. The third kappa shape index (κ3) is 2.16. The highest BCUT2D eigenvalue weighted by atomic mass is 16.5. The fourth-order valence-corrected chi connectivity index (χ4v) is 2.41. The topological polar surface area (TPSA) is 66.0 Å². The van der Waals surface area contributed by atoms with E-state index >= 15 is 0 Å². The predicted molar refractivity (Wildman–Crippen MR) is 73.6 cm³/mol. The summed E-state index contributed by atoms with van der Waals surface area (Å²) in [6, 6.07) is 6.13. The van der Waals surface area contributed by atoms with Crippen molar-refractivity contribution < 1.29 is 4.74 Å². The van der Waals surface area contributed by atoms with E-state index in [1.54, 1.807) is 0 Å². The van der Waals surface area contributed by atoms with Gasteiger partial charge in [-0.2, -0.15) is 0 Å². The van der Waals surface area contributed by atoms with Crippen LogP contribution in [-0.4, -0.2) is 21.4 Å². The summed E-state index contributed by atoms with van der Waals surface area (Å²) < 4.78 is 7.67. The molecule has 0 radical (unpaired) electrons. The monoisotopic (exact) mass is 258 g/mol. The third-order valence-corrected chi connectivity index (χ3v) is 3.43. The maximum absolute atomic E-state index is 5.87. The van der Waals surface area contributed by atoms with E-state index in [-0.39, 0.29) is 0 Å². The highest BCUT2D eigenvalue weighted by Crippen LogP contribution is 2.29.